The average Bonchev–Trinajstić information content (AvgIpc) is 2.39. The van der Waals surface area contributed by atoms with Gasteiger partial charge in [0.1, 0.15) is 24.2 Å². The summed E-state index contributed by atoms with van der Waals surface area (Å²) < 4.78 is 18.0. The lowest BCUT2D eigenvalue weighted by Gasteiger charge is -2.04. The Morgan fingerprint density at radius 3 is 2.41 bits per heavy atom. The summed E-state index contributed by atoms with van der Waals surface area (Å²) in [5.74, 6) is 0.694. The van der Waals surface area contributed by atoms with Gasteiger partial charge >= 0.3 is 0 Å². The minimum Gasteiger partial charge on any atom is -0.486 e. The van der Waals surface area contributed by atoms with Crippen LogP contribution in [0, 0.1) is 17.1 Å². The molecule has 4 nitrogen and oxygen atoms in total. The van der Waals surface area contributed by atoms with Crippen LogP contribution in [0.25, 0.3) is 0 Å². The summed E-state index contributed by atoms with van der Waals surface area (Å²) in [4.78, 5) is 7.90. The molecule has 1 heterocycles. The number of nitriles is 1. The molecule has 5 heteroatoms. The van der Waals surface area contributed by atoms with Crippen molar-refractivity contribution in [1.82, 2.24) is 9.97 Å². The van der Waals surface area contributed by atoms with Crippen LogP contribution < -0.4 is 4.74 Å². The Balaban J connectivity index is 1.98. The summed E-state index contributed by atoms with van der Waals surface area (Å²) in [6.45, 7) is 0.178. The third kappa shape index (κ3) is 2.98. The molecule has 0 atom stereocenters. The molecule has 1 aromatic carbocycles. The zero-order valence-corrected chi connectivity index (χ0v) is 8.80. The molecule has 0 amide bonds. The van der Waals surface area contributed by atoms with Crippen LogP contribution in [0.15, 0.2) is 36.7 Å². The fourth-order valence-corrected chi connectivity index (χ4v) is 1.17. The minimum absolute atomic E-state index is 0.178. The van der Waals surface area contributed by atoms with Crippen LogP contribution in [-0.4, -0.2) is 9.97 Å². The van der Waals surface area contributed by atoms with Crippen LogP contribution in [0.4, 0.5) is 4.39 Å². The number of benzene rings is 1. The van der Waals surface area contributed by atoms with Gasteiger partial charge in [0.05, 0.1) is 5.56 Å². The summed E-state index contributed by atoms with van der Waals surface area (Å²) >= 11 is 0. The second kappa shape index (κ2) is 5.03. The highest BCUT2D eigenvalue weighted by Gasteiger charge is 1.99. The van der Waals surface area contributed by atoms with Crippen molar-refractivity contribution >= 4 is 0 Å². The van der Waals surface area contributed by atoms with Crippen LogP contribution in [0.3, 0.4) is 0 Å². The SMILES string of the molecule is N#Cc1cnc(COc2ccc(F)cc2)nc1. The lowest BCUT2D eigenvalue weighted by Crippen LogP contribution is -2.01. The topological polar surface area (TPSA) is 58.8 Å². The van der Waals surface area contributed by atoms with Gasteiger partial charge in [-0.2, -0.15) is 5.26 Å². The Morgan fingerprint density at radius 1 is 1.18 bits per heavy atom. The molecule has 0 spiro atoms. The number of rotatable bonds is 3. The summed E-state index contributed by atoms with van der Waals surface area (Å²) in [6, 6.07) is 7.61. The number of nitrogens with zero attached hydrogens (tertiary/aromatic N) is 3. The summed E-state index contributed by atoms with van der Waals surface area (Å²) in [5, 5.41) is 8.57. The lowest BCUT2D eigenvalue weighted by molar-refractivity contribution is 0.295. The van der Waals surface area contributed by atoms with Crippen molar-refractivity contribution < 1.29 is 9.13 Å². The van der Waals surface area contributed by atoms with Crippen LogP contribution in [0.5, 0.6) is 5.75 Å². The van der Waals surface area contributed by atoms with Crippen molar-refractivity contribution in [2.45, 2.75) is 6.61 Å². The highest BCUT2D eigenvalue weighted by molar-refractivity contribution is 5.23. The van der Waals surface area contributed by atoms with Crippen LogP contribution >= 0.6 is 0 Å². The van der Waals surface area contributed by atoms with E-state index in [2.05, 4.69) is 9.97 Å². The second-order valence-electron chi connectivity index (χ2n) is 3.24. The van der Waals surface area contributed by atoms with E-state index in [1.54, 1.807) is 0 Å². The summed E-state index contributed by atoms with van der Waals surface area (Å²) in [7, 11) is 0. The van der Waals surface area contributed by atoms with E-state index in [0.29, 0.717) is 17.1 Å². The first-order chi connectivity index (χ1) is 8.28. The summed E-state index contributed by atoms with van der Waals surface area (Å²) in [5.41, 5.74) is 0.399. The minimum atomic E-state index is -0.313. The number of halogens is 1. The third-order valence-corrected chi connectivity index (χ3v) is 2.02. The van der Waals surface area contributed by atoms with Crippen molar-refractivity contribution in [2.75, 3.05) is 0 Å². The Bertz CT molecular complexity index is 531. The molecule has 0 fully saturated rings. The molecule has 0 radical (unpaired) electrons. The number of aromatic nitrogens is 2. The Morgan fingerprint density at radius 2 is 1.82 bits per heavy atom. The number of hydrogen-bond acceptors (Lipinski definition) is 4. The van der Waals surface area contributed by atoms with E-state index in [1.165, 1.54) is 36.7 Å². The number of ether oxygens (including phenoxy) is 1. The van der Waals surface area contributed by atoms with E-state index in [4.69, 9.17) is 10.00 Å². The van der Waals surface area contributed by atoms with E-state index in [0.717, 1.165) is 0 Å². The Labute approximate surface area is 97.3 Å². The monoisotopic (exact) mass is 229 g/mol. The van der Waals surface area contributed by atoms with Crippen molar-refractivity contribution in [2.24, 2.45) is 0 Å². The first kappa shape index (κ1) is 11.0. The van der Waals surface area contributed by atoms with E-state index in [9.17, 15) is 4.39 Å². The van der Waals surface area contributed by atoms with Gasteiger partial charge in [0.2, 0.25) is 0 Å². The van der Waals surface area contributed by atoms with E-state index in [-0.39, 0.29) is 12.4 Å². The standard InChI is InChI=1S/C12H8FN3O/c13-10-1-3-11(4-2-10)17-8-12-15-6-9(5-14)7-16-12/h1-4,6-7H,8H2. The first-order valence-corrected chi connectivity index (χ1v) is 4.87. The molecule has 0 aliphatic carbocycles. The third-order valence-electron chi connectivity index (χ3n) is 2.02. The molecule has 0 bridgehead atoms. The molecule has 0 unspecified atom stereocenters. The van der Waals surface area contributed by atoms with Crippen molar-refractivity contribution in [1.29, 1.82) is 5.26 Å². The normalized spacial score (nSPS) is 9.65. The molecule has 0 N–H and O–H groups in total. The maximum atomic E-state index is 12.6. The quantitative estimate of drug-likeness (QED) is 0.808. The number of hydrogen-bond donors (Lipinski definition) is 0. The molecule has 2 aromatic rings. The highest BCUT2D eigenvalue weighted by atomic mass is 19.1. The van der Waals surface area contributed by atoms with E-state index >= 15 is 0 Å². The van der Waals surface area contributed by atoms with Gasteiger partial charge in [-0.25, -0.2) is 14.4 Å². The fourth-order valence-electron chi connectivity index (χ4n) is 1.17. The molecule has 1 aromatic heterocycles. The van der Waals surface area contributed by atoms with Crippen molar-refractivity contribution in [3.8, 4) is 11.8 Å². The average molecular weight is 229 g/mol. The maximum Gasteiger partial charge on any atom is 0.166 e. The molecule has 0 aliphatic heterocycles. The molecule has 17 heavy (non-hydrogen) atoms. The van der Waals surface area contributed by atoms with Crippen LogP contribution in [0.2, 0.25) is 0 Å². The lowest BCUT2D eigenvalue weighted by atomic mass is 10.3. The molecular formula is C12H8FN3O. The largest absolute Gasteiger partial charge is 0.486 e. The molecule has 84 valence electrons. The Hall–Kier alpha value is -2.48. The predicted octanol–water partition coefficient (Wildman–Crippen LogP) is 2.07. The molecule has 2 rings (SSSR count). The van der Waals surface area contributed by atoms with Gasteiger partial charge < -0.3 is 4.74 Å². The molecule has 0 saturated heterocycles. The van der Waals surface area contributed by atoms with Gasteiger partial charge in [0.15, 0.2) is 5.82 Å². The molecule has 0 aliphatic rings. The van der Waals surface area contributed by atoms with E-state index in [1.807, 2.05) is 6.07 Å². The molecule has 0 saturated carbocycles. The fraction of sp³-hybridized carbons (Fsp3) is 0.0833. The van der Waals surface area contributed by atoms with Gasteiger partial charge in [0.25, 0.3) is 0 Å². The highest BCUT2D eigenvalue weighted by Crippen LogP contribution is 2.12. The van der Waals surface area contributed by atoms with Gasteiger partial charge in [-0.3, -0.25) is 0 Å². The van der Waals surface area contributed by atoms with Gasteiger partial charge in [-0.05, 0) is 24.3 Å². The summed E-state index contributed by atoms with van der Waals surface area (Å²) in [6.07, 6.45) is 2.85. The van der Waals surface area contributed by atoms with E-state index < -0.39 is 0 Å². The zero-order valence-electron chi connectivity index (χ0n) is 8.80. The second-order valence-corrected chi connectivity index (χ2v) is 3.24. The van der Waals surface area contributed by atoms with Crippen LogP contribution in [-0.2, 0) is 6.61 Å². The van der Waals surface area contributed by atoms with Crippen molar-refractivity contribution in [3.05, 3.63) is 53.9 Å². The maximum absolute atomic E-state index is 12.6. The van der Waals surface area contributed by atoms with Gasteiger partial charge in [-0.15, -0.1) is 0 Å². The van der Waals surface area contributed by atoms with Crippen LogP contribution in [0.1, 0.15) is 11.4 Å². The smallest absolute Gasteiger partial charge is 0.166 e. The van der Waals surface area contributed by atoms with Gasteiger partial charge in [0, 0.05) is 12.4 Å². The predicted molar refractivity (Wildman–Crippen MR) is 57.5 cm³/mol. The first-order valence-electron chi connectivity index (χ1n) is 4.87. The zero-order chi connectivity index (χ0) is 12.1. The van der Waals surface area contributed by atoms with Crippen molar-refractivity contribution in [3.63, 3.8) is 0 Å². The molecular weight excluding hydrogens is 221 g/mol. The Kier molecular flexibility index (Phi) is 3.26. The van der Waals surface area contributed by atoms with Gasteiger partial charge in [-0.1, -0.05) is 0 Å².